The third-order valence-electron chi connectivity index (χ3n) is 8.55. The Balaban J connectivity index is 1.63. The van der Waals surface area contributed by atoms with Crippen molar-refractivity contribution >= 4 is 49.8 Å². The molecule has 0 radical (unpaired) electrons. The predicted molar refractivity (Wildman–Crippen MR) is 183 cm³/mol. The van der Waals surface area contributed by atoms with Crippen LogP contribution >= 0.6 is 0 Å². The maximum absolute atomic E-state index is 16.3. The quantitative estimate of drug-likeness (QED) is 0.164. The molecule has 1 aliphatic rings. The van der Waals surface area contributed by atoms with Gasteiger partial charge in [0, 0.05) is 35.1 Å². The van der Waals surface area contributed by atoms with Gasteiger partial charge in [-0.1, -0.05) is 19.9 Å². The number of anilines is 3. The van der Waals surface area contributed by atoms with Crippen LogP contribution in [0.1, 0.15) is 62.4 Å². The first-order valence-corrected chi connectivity index (χ1v) is 17.5. The molecule has 1 saturated heterocycles. The molecule has 11 nitrogen and oxygen atoms in total. The number of methoxy groups -OCH3 is 1. The van der Waals surface area contributed by atoms with Crippen molar-refractivity contribution in [2.24, 2.45) is 0 Å². The van der Waals surface area contributed by atoms with Crippen LogP contribution in [0.5, 0.6) is 5.75 Å². The molecule has 0 bridgehead atoms. The van der Waals surface area contributed by atoms with Gasteiger partial charge in [0.25, 0.3) is 0 Å². The third kappa shape index (κ3) is 7.01. The van der Waals surface area contributed by atoms with Crippen molar-refractivity contribution in [1.29, 1.82) is 0 Å². The second-order valence-electron chi connectivity index (χ2n) is 11.5. The number of halogens is 1. The van der Waals surface area contributed by atoms with Crippen LogP contribution in [-0.4, -0.2) is 56.3 Å². The molecular formula is C35H40FN5O6S. The lowest BCUT2D eigenvalue weighted by Gasteiger charge is -2.32. The molecule has 5 rings (SSSR count). The van der Waals surface area contributed by atoms with Crippen LogP contribution in [0, 0.1) is 5.82 Å². The first-order chi connectivity index (χ1) is 23.0. The Morgan fingerprint density at radius 2 is 1.85 bits per heavy atom. The average molecular weight is 678 g/mol. The van der Waals surface area contributed by atoms with Gasteiger partial charge in [-0.2, -0.15) is 0 Å². The molecular weight excluding hydrogens is 637 g/mol. The lowest BCUT2D eigenvalue weighted by molar-refractivity contribution is -0.133. The highest BCUT2D eigenvalue weighted by Crippen LogP contribution is 2.41. The van der Waals surface area contributed by atoms with E-state index in [2.05, 4.69) is 15.6 Å². The zero-order chi connectivity index (χ0) is 34.6. The number of hydrogen-bond donors (Lipinski definition) is 3. The number of aromatic nitrogens is 1. The molecule has 0 spiro atoms. The van der Waals surface area contributed by atoms with Crippen molar-refractivity contribution in [2.45, 2.75) is 57.0 Å². The highest BCUT2D eigenvalue weighted by molar-refractivity contribution is 7.91. The van der Waals surface area contributed by atoms with E-state index < -0.39 is 39.7 Å². The van der Waals surface area contributed by atoms with E-state index >= 15 is 4.39 Å². The van der Waals surface area contributed by atoms with Crippen LogP contribution in [0.3, 0.4) is 0 Å². The summed E-state index contributed by atoms with van der Waals surface area (Å²) in [7, 11) is -2.50. The second-order valence-corrected chi connectivity index (χ2v) is 13.7. The van der Waals surface area contributed by atoms with Gasteiger partial charge in [0.2, 0.25) is 5.91 Å². The van der Waals surface area contributed by atoms with Crippen LogP contribution in [0.4, 0.5) is 26.4 Å². The maximum atomic E-state index is 16.3. The topological polar surface area (TPSA) is 153 Å². The van der Waals surface area contributed by atoms with Crippen LogP contribution in [0.25, 0.3) is 10.8 Å². The number of fused-ring (bicyclic) bond motifs is 1. The first kappa shape index (κ1) is 34.4. The summed E-state index contributed by atoms with van der Waals surface area (Å²) in [6.45, 7) is 5.77. The van der Waals surface area contributed by atoms with Gasteiger partial charge in [0.1, 0.15) is 11.9 Å². The molecule has 0 saturated carbocycles. The van der Waals surface area contributed by atoms with Crippen molar-refractivity contribution in [1.82, 2.24) is 9.88 Å². The number of nitrogen functional groups attached to an aromatic ring is 1. The number of nitrogens with one attached hydrogen (secondary N) is 2. The molecule has 1 aromatic heterocycles. The van der Waals surface area contributed by atoms with Gasteiger partial charge < -0.3 is 25.4 Å². The number of sulfone groups is 1. The minimum absolute atomic E-state index is 0.0414. The fraction of sp³-hybridized carbons (Fsp3) is 0.343. The molecule has 2 amide bonds. The summed E-state index contributed by atoms with van der Waals surface area (Å²) in [5, 5.41) is 7.37. The monoisotopic (exact) mass is 677 g/mol. The van der Waals surface area contributed by atoms with E-state index in [9.17, 15) is 18.0 Å². The van der Waals surface area contributed by atoms with E-state index in [1.165, 1.54) is 19.2 Å². The minimum atomic E-state index is -3.73. The van der Waals surface area contributed by atoms with Crippen molar-refractivity contribution in [2.75, 3.05) is 42.4 Å². The number of carbonyl (C=O) groups excluding carboxylic acids is 2. The molecule has 13 heteroatoms. The molecule has 4 aromatic rings. The zero-order valence-electron chi connectivity index (χ0n) is 27.4. The highest BCUT2D eigenvalue weighted by Gasteiger charge is 2.38. The van der Waals surface area contributed by atoms with Crippen molar-refractivity contribution in [3.63, 3.8) is 0 Å². The van der Waals surface area contributed by atoms with Gasteiger partial charge in [-0.25, -0.2) is 22.6 Å². The second kappa shape index (κ2) is 14.5. The number of benzene rings is 3. The number of rotatable bonds is 11. The van der Waals surface area contributed by atoms with E-state index in [1.807, 2.05) is 13.0 Å². The highest BCUT2D eigenvalue weighted by atomic mass is 32.2. The number of nitrogens with two attached hydrogens (primary N) is 1. The van der Waals surface area contributed by atoms with Gasteiger partial charge in [-0.05, 0) is 91.2 Å². The Kier molecular flexibility index (Phi) is 10.4. The standard InChI is InChI=1S/C35H40FN5O6S/c1-5-21-17-27(31(36)29(18-21)47-6-2)32(39-23-10-12-25-22(19-23)14-15-38-33(25)37)34(42)41-16-8-9-28(41)26-20-24(40-35(43)46-4)11-13-30(26)48(44,45)7-3/h10-15,17-20,28,32,39H,5-9,16H2,1-4H3,(H2,37,38)(H,40,43)/t28-,32-/m1/s1. The number of ether oxygens (including phenoxy) is 2. The molecule has 2 atom stereocenters. The Morgan fingerprint density at radius 3 is 2.56 bits per heavy atom. The van der Waals surface area contributed by atoms with Crippen molar-refractivity contribution in [3.05, 3.63) is 83.3 Å². The Bertz CT molecular complexity index is 1950. The fourth-order valence-electron chi connectivity index (χ4n) is 6.10. The van der Waals surface area contributed by atoms with E-state index in [-0.39, 0.29) is 28.6 Å². The summed E-state index contributed by atoms with van der Waals surface area (Å²) in [6, 6.07) is 13.0. The molecule has 0 aliphatic carbocycles. The normalized spacial score (nSPS) is 15.3. The maximum Gasteiger partial charge on any atom is 0.411 e. The average Bonchev–Trinajstić information content (AvgIpc) is 3.58. The van der Waals surface area contributed by atoms with Crippen molar-refractivity contribution < 1.29 is 31.9 Å². The number of hydrogen-bond acceptors (Lipinski definition) is 9. The van der Waals surface area contributed by atoms with Crippen LogP contribution in [0.2, 0.25) is 0 Å². The summed E-state index contributed by atoms with van der Waals surface area (Å²) < 4.78 is 53.2. The van der Waals surface area contributed by atoms with Gasteiger partial charge >= 0.3 is 6.09 Å². The van der Waals surface area contributed by atoms with E-state index in [0.717, 1.165) is 16.3 Å². The zero-order valence-corrected chi connectivity index (χ0v) is 28.2. The first-order valence-electron chi connectivity index (χ1n) is 15.9. The molecule has 2 heterocycles. The lowest BCUT2D eigenvalue weighted by atomic mass is 9.98. The molecule has 3 aromatic carbocycles. The predicted octanol–water partition coefficient (Wildman–Crippen LogP) is 6.41. The molecule has 1 fully saturated rings. The van der Waals surface area contributed by atoms with Crippen LogP contribution in [-0.2, 0) is 25.8 Å². The molecule has 0 unspecified atom stereocenters. The Morgan fingerprint density at radius 1 is 1.08 bits per heavy atom. The number of amides is 2. The van der Waals surface area contributed by atoms with Gasteiger partial charge in [-0.15, -0.1) is 0 Å². The van der Waals surface area contributed by atoms with E-state index in [1.54, 1.807) is 61.3 Å². The molecule has 4 N–H and O–H groups in total. The van der Waals surface area contributed by atoms with Crippen LogP contribution in [0.15, 0.2) is 65.7 Å². The largest absolute Gasteiger partial charge is 0.491 e. The lowest BCUT2D eigenvalue weighted by Crippen LogP contribution is -2.38. The van der Waals surface area contributed by atoms with Gasteiger partial charge in [-0.3, -0.25) is 10.1 Å². The summed E-state index contributed by atoms with van der Waals surface area (Å²) in [4.78, 5) is 32.6. The van der Waals surface area contributed by atoms with Gasteiger partial charge in [0.05, 0.1) is 30.4 Å². The third-order valence-corrected chi connectivity index (χ3v) is 10.4. The minimum Gasteiger partial charge on any atom is -0.491 e. The van der Waals surface area contributed by atoms with E-state index in [0.29, 0.717) is 48.6 Å². The number of nitrogens with zero attached hydrogens (tertiary/aromatic N) is 2. The Hall–Kier alpha value is -4.91. The number of carbonyl (C=O) groups is 2. The van der Waals surface area contributed by atoms with Crippen molar-refractivity contribution in [3.8, 4) is 5.75 Å². The SMILES string of the molecule is CCOc1cc(CC)cc([C@@H](Nc2ccc3c(N)nccc3c2)C(=O)N2CCC[C@@H]2c2cc(NC(=O)OC)ccc2S(=O)(=O)CC)c1F. The molecule has 48 heavy (non-hydrogen) atoms. The summed E-state index contributed by atoms with van der Waals surface area (Å²) in [5.41, 5.74) is 8.17. The molecule has 254 valence electrons. The summed E-state index contributed by atoms with van der Waals surface area (Å²) >= 11 is 0. The smallest absolute Gasteiger partial charge is 0.411 e. The Labute approximate surface area is 279 Å². The number of aryl methyl sites for hydroxylation is 1. The number of likely N-dealkylation sites (tertiary alicyclic amines) is 1. The summed E-state index contributed by atoms with van der Waals surface area (Å²) in [5.74, 6) is -0.877. The summed E-state index contributed by atoms with van der Waals surface area (Å²) in [6.07, 6.45) is 2.47. The molecule has 1 aliphatic heterocycles. The van der Waals surface area contributed by atoms with Gasteiger partial charge in [0.15, 0.2) is 21.4 Å². The number of pyridine rings is 1. The fourth-order valence-corrected chi connectivity index (χ4v) is 7.24. The van der Waals surface area contributed by atoms with Crippen LogP contribution < -0.4 is 21.1 Å². The van der Waals surface area contributed by atoms with E-state index in [4.69, 9.17) is 15.2 Å².